The van der Waals surface area contributed by atoms with Crippen molar-refractivity contribution in [1.82, 2.24) is 10.2 Å². The van der Waals surface area contributed by atoms with Crippen LogP contribution < -0.4 is 5.32 Å². The van der Waals surface area contributed by atoms with Gasteiger partial charge in [0.1, 0.15) is 0 Å². The standard InChI is InChI=1S/C14H28N2O/c1-11-12(2)16(9-6-13(11)15-3)10-14(17-4)7-5-8-14/h11-13,15H,5-10H2,1-4H3. The second-order valence-electron chi connectivity index (χ2n) is 5.99. The molecule has 1 N–H and O–H groups in total. The van der Waals surface area contributed by atoms with E-state index in [1.54, 1.807) is 0 Å². The van der Waals surface area contributed by atoms with Gasteiger partial charge in [-0.3, -0.25) is 4.90 Å². The molecule has 2 aliphatic rings. The van der Waals surface area contributed by atoms with Crippen LogP contribution in [-0.2, 0) is 4.74 Å². The van der Waals surface area contributed by atoms with Crippen molar-refractivity contribution in [2.24, 2.45) is 5.92 Å². The summed E-state index contributed by atoms with van der Waals surface area (Å²) in [4.78, 5) is 2.64. The van der Waals surface area contributed by atoms with E-state index in [0.717, 1.165) is 12.5 Å². The van der Waals surface area contributed by atoms with E-state index in [1.165, 1.54) is 32.2 Å². The third-order valence-corrected chi connectivity index (χ3v) is 5.26. The number of likely N-dealkylation sites (tertiary alicyclic amines) is 1. The molecule has 17 heavy (non-hydrogen) atoms. The van der Waals surface area contributed by atoms with Crippen molar-refractivity contribution in [2.75, 3.05) is 27.2 Å². The zero-order chi connectivity index (χ0) is 12.5. The molecule has 3 nitrogen and oxygen atoms in total. The zero-order valence-electron chi connectivity index (χ0n) is 11.8. The van der Waals surface area contributed by atoms with Crippen molar-refractivity contribution in [1.29, 1.82) is 0 Å². The van der Waals surface area contributed by atoms with Crippen LogP contribution in [0.5, 0.6) is 0 Å². The van der Waals surface area contributed by atoms with Gasteiger partial charge in [0.15, 0.2) is 0 Å². The van der Waals surface area contributed by atoms with E-state index in [4.69, 9.17) is 4.74 Å². The SMILES string of the molecule is CNC1CCN(CC2(OC)CCC2)C(C)C1C. The average molecular weight is 240 g/mol. The van der Waals surface area contributed by atoms with Crippen LogP contribution in [0.3, 0.4) is 0 Å². The Morgan fingerprint density at radius 3 is 2.53 bits per heavy atom. The van der Waals surface area contributed by atoms with Crippen molar-refractivity contribution in [2.45, 2.75) is 57.2 Å². The van der Waals surface area contributed by atoms with Crippen LogP contribution in [0.15, 0.2) is 0 Å². The highest BCUT2D eigenvalue weighted by molar-refractivity contribution is 4.96. The Morgan fingerprint density at radius 2 is 2.06 bits per heavy atom. The highest BCUT2D eigenvalue weighted by Crippen LogP contribution is 2.37. The van der Waals surface area contributed by atoms with Crippen LogP contribution >= 0.6 is 0 Å². The van der Waals surface area contributed by atoms with Gasteiger partial charge in [-0.15, -0.1) is 0 Å². The van der Waals surface area contributed by atoms with Gasteiger partial charge in [-0.25, -0.2) is 0 Å². The summed E-state index contributed by atoms with van der Waals surface area (Å²) >= 11 is 0. The van der Waals surface area contributed by atoms with Crippen LogP contribution in [0.1, 0.15) is 39.5 Å². The molecular weight excluding hydrogens is 212 g/mol. The molecule has 1 heterocycles. The van der Waals surface area contributed by atoms with E-state index in [1.807, 2.05) is 7.11 Å². The van der Waals surface area contributed by atoms with Crippen LogP contribution in [0, 0.1) is 5.92 Å². The third-order valence-electron chi connectivity index (χ3n) is 5.26. The summed E-state index contributed by atoms with van der Waals surface area (Å²) in [7, 11) is 3.97. The Bertz CT molecular complexity index is 247. The molecule has 2 fully saturated rings. The van der Waals surface area contributed by atoms with E-state index in [9.17, 15) is 0 Å². The van der Waals surface area contributed by atoms with Crippen LogP contribution in [-0.4, -0.2) is 49.8 Å². The minimum Gasteiger partial charge on any atom is -0.377 e. The molecule has 0 radical (unpaired) electrons. The first-order valence-corrected chi connectivity index (χ1v) is 7.08. The molecule has 1 aliphatic carbocycles. The van der Waals surface area contributed by atoms with Crippen LogP contribution in [0.2, 0.25) is 0 Å². The molecule has 3 heteroatoms. The predicted molar refractivity (Wildman–Crippen MR) is 71.3 cm³/mol. The molecule has 1 aliphatic heterocycles. The van der Waals surface area contributed by atoms with Crippen molar-refractivity contribution in [3.63, 3.8) is 0 Å². The number of piperidine rings is 1. The van der Waals surface area contributed by atoms with Crippen LogP contribution in [0.25, 0.3) is 0 Å². The monoisotopic (exact) mass is 240 g/mol. The first-order chi connectivity index (χ1) is 8.12. The quantitative estimate of drug-likeness (QED) is 0.812. The molecule has 0 amide bonds. The van der Waals surface area contributed by atoms with Gasteiger partial charge in [-0.05, 0) is 45.6 Å². The first-order valence-electron chi connectivity index (χ1n) is 7.08. The van der Waals surface area contributed by atoms with E-state index >= 15 is 0 Å². The summed E-state index contributed by atoms with van der Waals surface area (Å²) in [6, 6.07) is 1.34. The number of nitrogens with zero attached hydrogens (tertiary/aromatic N) is 1. The van der Waals surface area contributed by atoms with E-state index in [2.05, 4.69) is 31.1 Å². The van der Waals surface area contributed by atoms with Gasteiger partial charge in [0.2, 0.25) is 0 Å². The fourth-order valence-corrected chi connectivity index (χ4v) is 3.44. The van der Waals surface area contributed by atoms with Gasteiger partial charge in [0.25, 0.3) is 0 Å². The lowest BCUT2D eigenvalue weighted by Gasteiger charge is -2.49. The van der Waals surface area contributed by atoms with E-state index < -0.39 is 0 Å². The van der Waals surface area contributed by atoms with Gasteiger partial charge in [0, 0.05) is 32.3 Å². The molecule has 3 unspecified atom stereocenters. The van der Waals surface area contributed by atoms with Crippen molar-refractivity contribution in [3.8, 4) is 0 Å². The summed E-state index contributed by atoms with van der Waals surface area (Å²) in [6.45, 7) is 7.09. The molecule has 2 rings (SSSR count). The maximum Gasteiger partial charge on any atom is 0.0805 e. The number of rotatable bonds is 4. The second-order valence-corrected chi connectivity index (χ2v) is 5.99. The molecule has 1 saturated heterocycles. The summed E-state index contributed by atoms with van der Waals surface area (Å²) in [5.41, 5.74) is 0.181. The van der Waals surface area contributed by atoms with Gasteiger partial charge < -0.3 is 10.1 Å². The lowest BCUT2D eigenvalue weighted by atomic mass is 9.78. The molecule has 100 valence electrons. The lowest BCUT2D eigenvalue weighted by Crippen LogP contribution is -2.58. The molecule has 1 saturated carbocycles. The number of methoxy groups -OCH3 is 1. The Morgan fingerprint density at radius 1 is 1.35 bits per heavy atom. The van der Waals surface area contributed by atoms with Gasteiger partial charge >= 0.3 is 0 Å². The number of hydrogen-bond donors (Lipinski definition) is 1. The summed E-state index contributed by atoms with van der Waals surface area (Å²) in [6.07, 6.45) is 5.10. The summed E-state index contributed by atoms with van der Waals surface area (Å²) < 4.78 is 5.76. The van der Waals surface area contributed by atoms with E-state index in [-0.39, 0.29) is 5.60 Å². The van der Waals surface area contributed by atoms with Gasteiger partial charge in [0.05, 0.1) is 5.60 Å². The zero-order valence-corrected chi connectivity index (χ0v) is 11.8. The molecule has 0 aromatic carbocycles. The predicted octanol–water partition coefficient (Wildman–Crippen LogP) is 1.87. The molecular formula is C14H28N2O. The maximum atomic E-state index is 5.76. The lowest BCUT2D eigenvalue weighted by molar-refractivity contribution is -0.105. The Balaban J connectivity index is 1.94. The highest BCUT2D eigenvalue weighted by atomic mass is 16.5. The Labute approximate surface area is 106 Å². The fraction of sp³-hybridized carbons (Fsp3) is 1.00. The molecule has 0 spiro atoms. The van der Waals surface area contributed by atoms with Crippen LogP contribution in [0.4, 0.5) is 0 Å². The highest BCUT2D eigenvalue weighted by Gasteiger charge is 2.41. The molecule has 0 bridgehead atoms. The molecule has 3 atom stereocenters. The first kappa shape index (κ1) is 13.3. The minimum absolute atomic E-state index is 0.181. The van der Waals surface area contributed by atoms with Gasteiger partial charge in [-0.1, -0.05) is 6.92 Å². The van der Waals surface area contributed by atoms with Crippen molar-refractivity contribution < 1.29 is 4.74 Å². The smallest absolute Gasteiger partial charge is 0.0805 e. The Hall–Kier alpha value is -0.120. The maximum absolute atomic E-state index is 5.76. The van der Waals surface area contributed by atoms with Crippen molar-refractivity contribution in [3.05, 3.63) is 0 Å². The molecule has 0 aromatic rings. The fourth-order valence-electron chi connectivity index (χ4n) is 3.44. The van der Waals surface area contributed by atoms with Gasteiger partial charge in [-0.2, -0.15) is 0 Å². The normalized spacial score (nSPS) is 37.8. The summed E-state index contributed by atoms with van der Waals surface area (Å²) in [5, 5.41) is 3.45. The number of nitrogens with one attached hydrogen (secondary N) is 1. The second kappa shape index (κ2) is 5.25. The number of hydrogen-bond acceptors (Lipinski definition) is 3. The number of ether oxygens (including phenoxy) is 1. The topological polar surface area (TPSA) is 24.5 Å². The average Bonchev–Trinajstić information content (AvgIpc) is 2.29. The van der Waals surface area contributed by atoms with E-state index in [0.29, 0.717) is 12.1 Å². The third kappa shape index (κ3) is 2.51. The summed E-state index contributed by atoms with van der Waals surface area (Å²) in [5.74, 6) is 0.725. The Kier molecular flexibility index (Phi) is 4.11. The minimum atomic E-state index is 0.181. The largest absolute Gasteiger partial charge is 0.377 e. The molecule has 0 aromatic heterocycles. The van der Waals surface area contributed by atoms with Crippen molar-refractivity contribution >= 4 is 0 Å².